The minimum Gasteiger partial charge on any atom is -0.496 e. The second-order valence-corrected chi connectivity index (χ2v) is 4.44. The van der Waals surface area contributed by atoms with E-state index in [2.05, 4.69) is 10.1 Å². The number of benzene rings is 1. The van der Waals surface area contributed by atoms with E-state index in [1.807, 2.05) is 13.8 Å². The SMILES string of the molecule is COc1cc(-c2noc(CN)n2)cc(F)c1C(C)C. The number of rotatable bonds is 4. The van der Waals surface area contributed by atoms with Crippen LogP contribution in [0.3, 0.4) is 0 Å². The van der Waals surface area contributed by atoms with E-state index in [1.54, 1.807) is 6.07 Å². The molecule has 2 N–H and O–H groups in total. The number of nitrogens with zero attached hydrogens (tertiary/aromatic N) is 2. The standard InChI is InChI=1S/C13H16FN3O2/c1-7(2)12-9(14)4-8(5-10(12)18-3)13-16-11(6-15)19-17-13/h4-5,7H,6,15H2,1-3H3. The molecule has 2 rings (SSSR count). The Morgan fingerprint density at radius 2 is 2.16 bits per heavy atom. The van der Waals surface area contributed by atoms with Crippen molar-refractivity contribution in [2.45, 2.75) is 26.3 Å². The zero-order chi connectivity index (χ0) is 14.0. The molecule has 19 heavy (non-hydrogen) atoms. The van der Waals surface area contributed by atoms with E-state index in [0.29, 0.717) is 28.6 Å². The fourth-order valence-corrected chi connectivity index (χ4v) is 1.91. The lowest BCUT2D eigenvalue weighted by molar-refractivity contribution is 0.380. The monoisotopic (exact) mass is 265 g/mol. The highest BCUT2D eigenvalue weighted by Crippen LogP contribution is 2.33. The first-order chi connectivity index (χ1) is 9.06. The average molecular weight is 265 g/mol. The Morgan fingerprint density at radius 3 is 2.68 bits per heavy atom. The summed E-state index contributed by atoms with van der Waals surface area (Å²) in [6.45, 7) is 3.96. The highest BCUT2D eigenvalue weighted by Gasteiger charge is 2.17. The molecule has 1 aromatic carbocycles. The Bertz CT molecular complexity index is 581. The molecule has 0 aliphatic rings. The van der Waals surface area contributed by atoms with Crippen LogP contribution in [0.5, 0.6) is 5.75 Å². The lowest BCUT2D eigenvalue weighted by Gasteiger charge is -2.13. The molecule has 0 aliphatic heterocycles. The molecule has 5 nitrogen and oxygen atoms in total. The van der Waals surface area contributed by atoms with Crippen LogP contribution >= 0.6 is 0 Å². The summed E-state index contributed by atoms with van der Waals surface area (Å²) in [5, 5.41) is 3.76. The fraction of sp³-hybridized carbons (Fsp3) is 0.385. The highest BCUT2D eigenvalue weighted by molar-refractivity contribution is 5.59. The zero-order valence-corrected chi connectivity index (χ0v) is 11.1. The summed E-state index contributed by atoms with van der Waals surface area (Å²) in [7, 11) is 1.51. The third kappa shape index (κ3) is 2.58. The summed E-state index contributed by atoms with van der Waals surface area (Å²) in [6, 6.07) is 3.08. The van der Waals surface area contributed by atoms with E-state index in [0.717, 1.165) is 0 Å². The Hall–Kier alpha value is -1.95. The van der Waals surface area contributed by atoms with Gasteiger partial charge in [-0.3, -0.25) is 0 Å². The van der Waals surface area contributed by atoms with E-state index >= 15 is 0 Å². The van der Waals surface area contributed by atoms with Gasteiger partial charge in [-0.2, -0.15) is 4.98 Å². The van der Waals surface area contributed by atoms with Crippen LogP contribution in [0.2, 0.25) is 0 Å². The summed E-state index contributed by atoms with van der Waals surface area (Å²) in [5.74, 6) is 0.761. The number of methoxy groups -OCH3 is 1. The van der Waals surface area contributed by atoms with Crippen LogP contribution in [-0.4, -0.2) is 17.3 Å². The number of nitrogens with two attached hydrogens (primary N) is 1. The Kier molecular flexibility index (Phi) is 3.80. The quantitative estimate of drug-likeness (QED) is 0.919. The van der Waals surface area contributed by atoms with Gasteiger partial charge < -0.3 is 15.0 Å². The van der Waals surface area contributed by atoms with E-state index in [4.69, 9.17) is 15.0 Å². The van der Waals surface area contributed by atoms with Gasteiger partial charge in [-0.25, -0.2) is 4.39 Å². The van der Waals surface area contributed by atoms with Crippen molar-refractivity contribution in [2.75, 3.05) is 7.11 Å². The van der Waals surface area contributed by atoms with Crippen molar-refractivity contribution in [1.82, 2.24) is 10.1 Å². The van der Waals surface area contributed by atoms with Crippen molar-refractivity contribution in [2.24, 2.45) is 5.73 Å². The number of hydrogen-bond acceptors (Lipinski definition) is 5. The molecule has 2 aromatic rings. The fourth-order valence-electron chi connectivity index (χ4n) is 1.91. The van der Waals surface area contributed by atoms with Gasteiger partial charge in [-0.15, -0.1) is 0 Å². The maximum atomic E-state index is 14.1. The van der Waals surface area contributed by atoms with Gasteiger partial charge in [0.25, 0.3) is 0 Å². The first-order valence-corrected chi connectivity index (χ1v) is 5.97. The van der Waals surface area contributed by atoms with Gasteiger partial charge in [0.05, 0.1) is 13.7 Å². The van der Waals surface area contributed by atoms with E-state index < -0.39 is 0 Å². The maximum absolute atomic E-state index is 14.1. The van der Waals surface area contributed by atoms with Gasteiger partial charge in [0.15, 0.2) is 0 Å². The Morgan fingerprint density at radius 1 is 1.42 bits per heavy atom. The average Bonchev–Trinajstić information content (AvgIpc) is 2.85. The summed E-state index contributed by atoms with van der Waals surface area (Å²) in [4.78, 5) is 4.07. The molecular weight excluding hydrogens is 249 g/mol. The molecule has 0 saturated carbocycles. The molecule has 0 saturated heterocycles. The van der Waals surface area contributed by atoms with Gasteiger partial charge in [0.1, 0.15) is 11.6 Å². The van der Waals surface area contributed by atoms with Crippen LogP contribution in [0, 0.1) is 5.82 Å². The largest absolute Gasteiger partial charge is 0.496 e. The first-order valence-electron chi connectivity index (χ1n) is 5.97. The van der Waals surface area contributed by atoms with Gasteiger partial charge in [0, 0.05) is 11.1 Å². The normalized spacial score (nSPS) is 11.1. The first kappa shape index (κ1) is 13.5. The minimum atomic E-state index is -0.344. The van der Waals surface area contributed by atoms with Gasteiger partial charge in [-0.05, 0) is 18.1 Å². The van der Waals surface area contributed by atoms with Crippen molar-refractivity contribution in [3.8, 4) is 17.1 Å². The zero-order valence-electron chi connectivity index (χ0n) is 11.1. The van der Waals surface area contributed by atoms with Crippen molar-refractivity contribution in [1.29, 1.82) is 0 Å². The lowest BCUT2D eigenvalue weighted by atomic mass is 9.99. The molecule has 0 radical (unpaired) electrons. The second kappa shape index (κ2) is 5.36. The van der Waals surface area contributed by atoms with Crippen LogP contribution < -0.4 is 10.5 Å². The van der Waals surface area contributed by atoms with Gasteiger partial charge in [0.2, 0.25) is 11.7 Å². The molecule has 0 fully saturated rings. The molecule has 1 heterocycles. The molecule has 0 unspecified atom stereocenters. The predicted octanol–water partition coefficient (Wildman–Crippen LogP) is 2.47. The predicted molar refractivity (Wildman–Crippen MR) is 68.2 cm³/mol. The van der Waals surface area contributed by atoms with Crippen molar-refractivity contribution in [3.05, 3.63) is 29.4 Å². The summed E-state index contributed by atoms with van der Waals surface area (Å²) >= 11 is 0. The third-order valence-corrected chi connectivity index (χ3v) is 2.79. The molecular formula is C13H16FN3O2. The van der Waals surface area contributed by atoms with E-state index in [1.165, 1.54) is 13.2 Å². The lowest BCUT2D eigenvalue weighted by Crippen LogP contribution is -2.00. The number of ether oxygens (including phenoxy) is 1. The molecule has 0 atom stereocenters. The molecule has 1 aromatic heterocycles. The second-order valence-electron chi connectivity index (χ2n) is 4.44. The Labute approximate surface area is 110 Å². The molecule has 102 valence electrons. The molecule has 0 amide bonds. The number of aromatic nitrogens is 2. The number of hydrogen-bond donors (Lipinski definition) is 1. The smallest absolute Gasteiger partial charge is 0.240 e. The van der Waals surface area contributed by atoms with Crippen molar-refractivity contribution in [3.63, 3.8) is 0 Å². The van der Waals surface area contributed by atoms with Crippen molar-refractivity contribution < 1.29 is 13.7 Å². The Balaban J connectivity index is 2.51. The molecule has 0 bridgehead atoms. The summed E-state index contributed by atoms with van der Waals surface area (Å²) in [5.41, 5.74) is 6.43. The third-order valence-electron chi connectivity index (χ3n) is 2.79. The van der Waals surface area contributed by atoms with E-state index in [-0.39, 0.29) is 18.3 Å². The van der Waals surface area contributed by atoms with Gasteiger partial charge >= 0.3 is 0 Å². The minimum absolute atomic E-state index is 0.0221. The highest BCUT2D eigenvalue weighted by atomic mass is 19.1. The van der Waals surface area contributed by atoms with Crippen molar-refractivity contribution >= 4 is 0 Å². The number of halogens is 1. The molecule has 6 heteroatoms. The summed E-state index contributed by atoms with van der Waals surface area (Å²) in [6.07, 6.45) is 0. The molecule has 0 spiro atoms. The van der Waals surface area contributed by atoms with Crippen LogP contribution in [0.4, 0.5) is 4.39 Å². The van der Waals surface area contributed by atoms with Crippen LogP contribution in [-0.2, 0) is 6.54 Å². The van der Waals surface area contributed by atoms with Gasteiger partial charge in [-0.1, -0.05) is 19.0 Å². The molecule has 0 aliphatic carbocycles. The van der Waals surface area contributed by atoms with Crippen LogP contribution in [0.1, 0.15) is 31.2 Å². The maximum Gasteiger partial charge on any atom is 0.240 e. The summed E-state index contributed by atoms with van der Waals surface area (Å²) < 4.78 is 24.3. The van der Waals surface area contributed by atoms with Crippen LogP contribution in [0.25, 0.3) is 11.4 Å². The van der Waals surface area contributed by atoms with Crippen LogP contribution in [0.15, 0.2) is 16.7 Å². The topological polar surface area (TPSA) is 74.2 Å². The van der Waals surface area contributed by atoms with E-state index in [9.17, 15) is 4.39 Å².